The summed E-state index contributed by atoms with van der Waals surface area (Å²) in [6.45, 7) is 3.88. The number of carbonyl (C=O) groups is 2. The van der Waals surface area contributed by atoms with Crippen molar-refractivity contribution in [2.75, 3.05) is 26.2 Å². The highest BCUT2D eigenvalue weighted by Crippen LogP contribution is 2.28. The van der Waals surface area contributed by atoms with Crippen LogP contribution in [0.15, 0.2) is 72.8 Å². The molecule has 0 aliphatic carbocycles. The Hall–Kier alpha value is -3.02. The lowest BCUT2D eigenvalue weighted by Gasteiger charge is -2.34. The average molecular weight is 525 g/mol. The number of halogens is 2. The average Bonchev–Trinajstić information content (AvgIpc) is 2.88. The highest BCUT2D eigenvalue weighted by molar-refractivity contribution is 6.39. The molecule has 36 heavy (non-hydrogen) atoms. The van der Waals surface area contributed by atoms with Crippen molar-refractivity contribution >= 4 is 35.0 Å². The van der Waals surface area contributed by atoms with Gasteiger partial charge in [-0.25, -0.2) is 0 Å². The van der Waals surface area contributed by atoms with E-state index in [-0.39, 0.29) is 24.5 Å². The summed E-state index contributed by atoms with van der Waals surface area (Å²) in [5.41, 5.74) is 1.92. The van der Waals surface area contributed by atoms with E-state index >= 15 is 0 Å². The quantitative estimate of drug-likeness (QED) is 0.397. The third-order valence-corrected chi connectivity index (χ3v) is 7.12. The molecule has 0 bridgehead atoms. The van der Waals surface area contributed by atoms with Crippen molar-refractivity contribution in [3.05, 3.63) is 99.5 Å². The monoisotopic (exact) mass is 524 g/mol. The zero-order valence-electron chi connectivity index (χ0n) is 20.3. The lowest BCUT2D eigenvalue weighted by Crippen LogP contribution is -2.46. The lowest BCUT2D eigenvalue weighted by molar-refractivity contribution is 0.0586. The molecule has 3 aromatic rings. The molecule has 0 radical (unpaired) electrons. The molecule has 0 N–H and O–H groups in total. The molecule has 3 aromatic carbocycles. The van der Waals surface area contributed by atoms with Crippen molar-refractivity contribution in [3.63, 3.8) is 0 Å². The fraction of sp³-hybridized carbons (Fsp3) is 0.310. The first-order chi connectivity index (χ1) is 17.5. The molecule has 5 nitrogen and oxygen atoms in total. The van der Waals surface area contributed by atoms with Crippen LogP contribution in [-0.4, -0.2) is 53.9 Å². The van der Waals surface area contributed by atoms with E-state index < -0.39 is 0 Å². The number of nitrogens with zero attached hydrogens (tertiary/aromatic N) is 2. The fourth-order valence-corrected chi connectivity index (χ4v) is 5.11. The summed E-state index contributed by atoms with van der Waals surface area (Å²) in [5, 5.41) is 0.650. The predicted octanol–water partition coefficient (Wildman–Crippen LogP) is 6.38. The van der Waals surface area contributed by atoms with Crippen LogP contribution < -0.4 is 4.74 Å². The molecule has 0 fully saturated rings. The molecule has 1 aliphatic heterocycles. The van der Waals surface area contributed by atoms with Crippen LogP contribution in [0.25, 0.3) is 0 Å². The molecule has 1 heterocycles. The Bertz CT molecular complexity index is 1180. The molecule has 4 rings (SSSR count). The number of hydrogen-bond acceptors (Lipinski definition) is 3. The topological polar surface area (TPSA) is 49.9 Å². The van der Waals surface area contributed by atoms with Crippen molar-refractivity contribution in [2.24, 2.45) is 0 Å². The van der Waals surface area contributed by atoms with E-state index in [0.717, 1.165) is 18.4 Å². The van der Waals surface area contributed by atoms with Gasteiger partial charge in [-0.05, 0) is 56.0 Å². The molecule has 0 saturated heterocycles. The van der Waals surface area contributed by atoms with E-state index in [2.05, 4.69) is 0 Å². The maximum atomic E-state index is 13.9. The zero-order valence-corrected chi connectivity index (χ0v) is 21.8. The van der Waals surface area contributed by atoms with Gasteiger partial charge in [0.15, 0.2) is 0 Å². The molecular formula is C29H30Cl2N2O3. The third-order valence-electron chi connectivity index (χ3n) is 6.49. The molecule has 0 aromatic heterocycles. The van der Waals surface area contributed by atoms with Gasteiger partial charge in [0.1, 0.15) is 12.4 Å². The van der Waals surface area contributed by atoms with Crippen molar-refractivity contribution in [3.8, 4) is 5.75 Å². The molecule has 0 unspecified atom stereocenters. The van der Waals surface area contributed by atoms with E-state index in [9.17, 15) is 9.59 Å². The molecule has 1 atom stereocenters. The molecule has 1 aliphatic rings. The number of hydrogen-bond donors (Lipinski definition) is 0. The van der Waals surface area contributed by atoms with Crippen molar-refractivity contribution < 1.29 is 14.3 Å². The van der Waals surface area contributed by atoms with Gasteiger partial charge in [0.05, 0.1) is 27.2 Å². The van der Waals surface area contributed by atoms with Crippen molar-refractivity contribution in [2.45, 2.75) is 32.2 Å². The number of rotatable bonds is 4. The Morgan fingerprint density at radius 3 is 2.31 bits per heavy atom. The van der Waals surface area contributed by atoms with Gasteiger partial charge in [-0.3, -0.25) is 9.59 Å². The van der Waals surface area contributed by atoms with Crippen LogP contribution >= 0.6 is 23.2 Å². The summed E-state index contributed by atoms with van der Waals surface area (Å²) in [4.78, 5) is 30.8. The minimum absolute atomic E-state index is 0.0379. The SMILES string of the molecule is CCN1CCCCN(C(=O)c2c(Cl)cccc2Cl)[C@H](Cc2ccccc2)COc2ccccc2C1=O. The van der Waals surface area contributed by atoms with Gasteiger partial charge in [0, 0.05) is 19.6 Å². The highest BCUT2D eigenvalue weighted by atomic mass is 35.5. The largest absolute Gasteiger partial charge is 0.491 e. The Balaban J connectivity index is 1.73. The molecule has 7 heteroatoms. The number of carbonyl (C=O) groups excluding carboxylic acids is 2. The van der Waals surface area contributed by atoms with Gasteiger partial charge in [-0.15, -0.1) is 0 Å². The van der Waals surface area contributed by atoms with Crippen LogP contribution in [0.5, 0.6) is 5.75 Å². The summed E-state index contributed by atoms with van der Waals surface area (Å²) >= 11 is 12.9. The number of fused-ring (bicyclic) bond motifs is 1. The summed E-state index contributed by atoms with van der Waals surface area (Å²) < 4.78 is 6.28. The molecule has 188 valence electrons. The smallest absolute Gasteiger partial charge is 0.257 e. The molecule has 0 saturated carbocycles. The van der Waals surface area contributed by atoms with Crippen LogP contribution in [0.4, 0.5) is 0 Å². The van der Waals surface area contributed by atoms with Gasteiger partial charge >= 0.3 is 0 Å². The van der Waals surface area contributed by atoms with E-state index in [1.807, 2.05) is 65.3 Å². The van der Waals surface area contributed by atoms with Crippen LogP contribution in [0.3, 0.4) is 0 Å². The summed E-state index contributed by atoms with van der Waals surface area (Å²) in [6.07, 6.45) is 2.08. The maximum Gasteiger partial charge on any atom is 0.257 e. The second kappa shape index (κ2) is 12.3. The molecular weight excluding hydrogens is 495 g/mol. The van der Waals surface area contributed by atoms with Crippen LogP contribution in [0.2, 0.25) is 10.0 Å². The Kier molecular flexibility index (Phi) is 8.89. The van der Waals surface area contributed by atoms with E-state index in [0.29, 0.717) is 53.0 Å². The van der Waals surface area contributed by atoms with Crippen LogP contribution in [0.1, 0.15) is 46.0 Å². The van der Waals surface area contributed by atoms with Crippen LogP contribution in [-0.2, 0) is 6.42 Å². The molecule has 2 amide bonds. The first kappa shape index (κ1) is 26.1. The number of benzene rings is 3. The Morgan fingerprint density at radius 2 is 1.58 bits per heavy atom. The zero-order chi connectivity index (χ0) is 25.5. The predicted molar refractivity (Wildman–Crippen MR) is 144 cm³/mol. The van der Waals surface area contributed by atoms with Gasteiger partial charge < -0.3 is 14.5 Å². The van der Waals surface area contributed by atoms with Crippen molar-refractivity contribution in [1.82, 2.24) is 9.80 Å². The third kappa shape index (κ3) is 6.03. The lowest BCUT2D eigenvalue weighted by atomic mass is 10.0. The van der Waals surface area contributed by atoms with E-state index in [1.165, 1.54) is 0 Å². The number of ether oxygens (including phenoxy) is 1. The second-order valence-corrected chi connectivity index (χ2v) is 9.65. The normalized spacial score (nSPS) is 17.0. The van der Waals surface area contributed by atoms with Crippen molar-refractivity contribution in [1.29, 1.82) is 0 Å². The second-order valence-electron chi connectivity index (χ2n) is 8.84. The summed E-state index contributed by atoms with van der Waals surface area (Å²) in [6, 6.07) is 22.1. The summed E-state index contributed by atoms with van der Waals surface area (Å²) in [7, 11) is 0. The van der Waals surface area contributed by atoms with Gasteiger partial charge in [-0.1, -0.05) is 71.7 Å². The first-order valence-corrected chi connectivity index (χ1v) is 13.0. The highest BCUT2D eigenvalue weighted by Gasteiger charge is 2.30. The van der Waals surface area contributed by atoms with Crippen LogP contribution in [0, 0.1) is 0 Å². The molecule has 0 spiro atoms. The Labute approximate surface area is 222 Å². The van der Waals surface area contributed by atoms with Gasteiger partial charge in [-0.2, -0.15) is 0 Å². The summed E-state index contributed by atoms with van der Waals surface area (Å²) in [5.74, 6) is 0.260. The standard InChI is InChI=1S/C29H30Cl2N2O3/c1-2-32-17-8-9-18-33(29(35)27-24(30)14-10-15-25(27)31)22(19-21-11-4-3-5-12-21)20-36-26-16-7-6-13-23(26)28(32)34/h3-7,10-16,22H,2,8-9,17-20H2,1H3/t22-/m1/s1. The first-order valence-electron chi connectivity index (χ1n) is 12.3. The minimum atomic E-state index is -0.294. The van der Waals surface area contributed by atoms with Gasteiger partial charge in [0.2, 0.25) is 0 Å². The van der Waals surface area contributed by atoms with E-state index in [1.54, 1.807) is 24.3 Å². The Morgan fingerprint density at radius 1 is 0.917 bits per heavy atom. The number of para-hydroxylation sites is 1. The van der Waals surface area contributed by atoms with Gasteiger partial charge in [0.25, 0.3) is 11.8 Å². The number of amides is 2. The fourth-order valence-electron chi connectivity index (χ4n) is 4.55. The maximum absolute atomic E-state index is 13.9. The minimum Gasteiger partial charge on any atom is -0.491 e. The van der Waals surface area contributed by atoms with E-state index in [4.69, 9.17) is 27.9 Å².